The van der Waals surface area contributed by atoms with Gasteiger partial charge in [0.15, 0.2) is 0 Å². The van der Waals surface area contributed by atoms with E-state index >= 15 is 0 Å². The van der Waals surface area contributed by atoms with Gasteiger partial charge >= 0.3 is 0 Å². The predicted molar refractivity (Wildman–Crippen MR) is 77.8 cm³/mol. The van der Waals surface area contributed by atoms with E-state index in [4.69, 9.17) is 5.26 Å². The van der Waals surface area contributed by atoms with Crippen molar-refractivity contribution in [2.75, 3.05) is 20.1 Å². The second kappa shape index (κ2) is 6.18. The first kappa shape index (κ1) is 14.0. The molecule has 102 valence electrons. The van der Waals surface area contributed by atoms with Crippen molar-refractivity contribution >= 4 is 0 Å². The van der Waals surface area contributed by atoms with Crippen molar-refractivity contribution in [1.29, 1.82) is 5.26 Å². The van der Waals surface area contributed by atoms with Gasteiger partial charge in [0.25, 0.3) is 0 Å². The highest BCUT2D eigenvalue weighted by Crippen LogP contribution is 2.38. The van der Waals surface area contributed by atoms with Gasteiger partial charge < -0.3 is 5.32 Å². The minimum Gasteiger partial charge on any atom is -0.319 e. The zero-order valence-electron chi connectivity index (χ0n) is 12.1. The molecular weight excluding hydrogens is 234 g/mol. The smallest absolute Gasteiger partial charge is 0.0991 e. The van der Waals surface area contributed by atoms with E-state index in [2.05, 4.69) is 42.3 Å². The van der Waals surface area contributed by atoms with Crippen LogP contribution in [0.25, 0.3) is 0 Å². The third-order valence-electron chi connectivity index (χ3n) is 4.07. The zero-order valence-corrected chi connectivity index (χ0v) is 12.1. The van der Waals surface area contributed by atoms with E-state index in [1.165, 1.54) is 12.0 Å². The summed E-state index contributed by atoms with van der Waals surface area (Å²) in [6.45, 7) is 6.74. The summed E-state index contributed by atoms with van der Waals surface area (Å²) in [6.07, 6.45) is 1.24. The Hall–Kier alpha value is -1.37. The van der Waals surface area contributed by atoms with Crippen LogP contribution in [0.4, 0.5) is 0 Å². The highest BCUT2D eigenvalue weighted by atomic mass is 15.2. The van der Waals surface area contributed by atoms with Gasteiger partial charge in [-0.2, -0.15) is 5.26 Å². The van der Waals surface area contributed by atoms with Gasteiger partial charge in [-0.3, -0.25) is 4.90 Å². The summed E-state index contributed by atoms with van der Waals surface area (Å²) in [7, 11) is 2.02. The van der Waals surface area contributed by atoms with Crippen LogP contribution in [0.5, 0.6) is 0 Å². The second-order valence-electron chi connectivity index (χ2n) is 5.62. The van der Waals surface area contributed by atoms with Crippen LogP contribution in [-0.2, 0) is 0 Å². The van der Waals surface area contributed by atoms with Crippen LogP contribution in [-0.4, -0.2) is 31.1 Å². The maximum absolute atomic E-state index is 8.90. The van der Waals surface area contributed by atoms with Crippen molar-refractivity contribution in [3.63, 3.8) is 0 Å². The van der Waals surface area contributed by atoms with Crippen LogP contribution in [0.15, 0.2) is 24.3 Å². The van der Waals surface area contributed by atoms with Gasteiger partial charge in [0.05, 0.1) is 11.6 Å². The number of nitriles is 1. The van der Waals surface area contributed by atoms with E-state index in [-0.39, 0.29) is 0 Å². The normalized spacial score (nSPS) is 23.7. The SMILES string of the molecule is CNCC1CCN(C(C)C)C1c1ccc(C#N)cc1. The lowest BCUT2D eigenvalue weighted by molar-refractivity contribution is 0.182. The molecule has 0 spiro atoms. The summed E-state index contributed by atoms with van der Waals surface area (Å²) in [5.74, 6) is 0.653. The third-order valence-corrected chi connectivity index (χ3v) is 4.07. The largest absolute Gasteiger partial charge is 0.319 e. The first-order valence-corrected chi connectivity index (χ1v) is 7.07. The van der Waals surface area contributed by atoms with Crippen molar-refractivity contribution in [2.45, 2.75) is 32.4 Å². The Balaban J connectivity index is 2.26. The summed E-state index contributed by atoms with van der Waals surface area (Å²) in [4.78, 5) is 2.57. The Kier molecular flexibility index (Phi) is 4.57. The number of benzene rings is 1. The number of nitrogens with zero attached hydrogens (tertiary/aromatic N) is 2. The molecule has 3 heteroatoms. The van der Waals surface area contributed by atoms with Gasteiger partial charge in [-0.25, -0.2) is 0 Å². The van der Waals surface area contributed by atoms with Crippen molar-refractivity contribution in [1.82, 2.24) is 10.2 Å². The Morgan fingerprint density at radius 1 is 1.37 bits per heavy atom. The molecule has 0 bridgehead atoms. The van der Waals surface area contributed by atoms with E-state index in [0.717, 1.165) is 18.7 Å². The zero-order chi connectivity index (χ0) is 13.8. The Labute approximate surface area is 116 Å². The van der Waals surface area contributed by atoms with Gasteiger partial charge in [0.1, 0.15) is 0 Å². The van der Waals surface area contributed by atoms with E-state index in [1.54, 1.807) is 0 Å². The second-order valence-corrected chi connectivity index (χ2v) is 5.62. The minimum atomic E-state index is 0.472. The van der Waals surface area contributed by atoms with Crippen molar-refractivity contribution in [3.05, 3.63) is 35.4 Å². The highest BCUT2D eigenvalue weighted by Gasteiger charge is 2.35. The summed E-state index contributed by atoms with van der Waals surface area (Å²) >= 11 is 0. The summed E-state index contributed by atoms with van der Waals surface area (Å²) in [5, 5.41) is 12.2. The fourth-order valence-electron chi connectivity index (χ4n) is 3.16. The molecule has 1 heterocycles. The quantitative estimate of drug-likeness (QED) is 0.901. The molecule has 0 saturated carbocycles. The van der Waals surface area contributed by atoms with Crippen molar-refractivity contribution < 1.29 is 0 Å². The number of hydrogen-bond acceptors (Lipinski definition) is 3. The first-order chi connectivity index (χ1) is 9.17. The van der Waals surface area contributed by atoms with Gasteiger partial charge in [-0.05, 0) is 64.0 Å². The minimum absolute atomic E-state index is 0.472. The molecule has 1 aromatic rings. The lowest BCUT2D eigenvalue weighted by Gasteiger charge is -2.31. The maximum atomic E-state index is 8.90. The van der Waals surface area contributed by atoms with Crippen LogP contribution in [0, 0.1) is 17.2 Å². The first-order valence-electron chi connectivity index (χ1n) is 7.07. The highest BCUT2D eigenvalue weighted by molar-refractivity contribution is 5.33. The average Bonchev–Trinajstić information content (AvgIpc) is 2.83. The van der Waals surface area contributed by atoms with Crippen LogP contribution < -0.4 is 5.32 Å². The van der Waals surface area contributed by atoms with E-state index in [9.17, 15) is 0 Å². The van der Waals surface area contributed by atoms with Crippen LogP contribution >= 0.6 is 0 Å². The summed E-state index contributed by atoms with van der Waals surface area (Å²) < 4.78 is 0. The molecule has 0 aromatic heterocycles. The lowest BCUT2D eigenvalue weighted by atomic mass is 9.92. The molecular formula is C16H23N3. The number of likely N-dealkylation sites (tertiary alicyclic amines) is 1. The average molecular weight is 257 g/mol. The van der Waals surface area contributed by atoms with Crippen LogP contribution in [0.2, 0.25) is 0 Å². The van der Waals surface area contributed by atoms with Gasteiger partial charge in [0, 0.05) is 12.1 Å². The van der Waals surface area contributed by atoms with Gasteiger partial charge in [-0.15, -0.1) is 0 Å². The Morgan fingerprint density at radius 2 is 2.05 bits per heavy atom. The van der Waals surface area contributed by atoms with Crippen molar-refractivity contribution in [2.24, 2.45) is 5.92 Å². The van der Waals surface area contributed by atoms with E-state index in [1.807, 2.05) is 19.2 Å². The topological polar surface area (TPSA) is 39.1 Å². The molecule has 2 atom stereocenters. The molecule has 19 heavy (non-hydrogen) atoms. The fraction of sp³-hybridized carbons (Fsp3) is 0.562. The van der Waals surface area contributed by atoms with E-state index < -0.39 is 0 Å². The molecule has 1 N–H and O–H groups in total. The Morgan fingerprint density at radius 3 is 2.58 bits per heavy atom. The summed E-state index contributed by atoms with van der Waals surface area (Å²) in [6, 6.07) is 11.3. The molecule has 1 fully saturated rings. The molecule has 1 aliphatic heterocycles. The molecule has 0 amide bonds. The number of hydrogen-bond donors (Lipinski definition) is 1. The van der Waals surface area contributed by atoms with Gasteiger partial charge in [-0.1, -0.05) is 12.1 Å². The molecule has 2 rings (SSSR count). The maximum Gasteiger partial charge on any atom is 0.0991 e. The van der Waals surface area contributed by atoms with Crippen LogP contribution in [0.1, 0.15) is 37.4 Å². The fourth-order valence-corrected chi connectivity index (χ4v) is 3.16. The molecule has 1 aliphatic rings. The molecule has 1 saturated heterocycles. The molecule has 0 aliphatic carbocycles. The van der Waals surface area contributed by atoms with Crippen LogP contribution in [0.3, 0.4) is 0 Å². The molecule has 0 radical (unpaired) electrons. The molecule has 3 nitrogen and oxygen atoms in total. The standard InChI is InChI=1S/C16H23N3/c1-12(2)19-9-8-15(11-18-3)16(19)14-6-4-13(10-17)5-7-14/h4-7,12,15-16,18H,8-9,11H2,1-3H3. The third kappa shape index (κ3) is 2.97. The van der Waals surface area contributed by atoms with E-state index in [0.29, 0.717) is 18.0 Å². The van der Waals surface area contributed by atoms with Crippen molar-refractivity contribution in [3.8, 4) is 6.07 Å². The summed E-state index contributed by atoms with van der Waals surface area (Å²) in [5.41, 5.74) is 2.08. The monoisotopic (exact) mass is 257 g/mol. The number of nitrogens with one attached hydrogen (secondary N) is 1. The Bertz CT molecular complexity index is 444. The lowest BCUT2D eigenvalue weighted by Crippen LogP contribution is -2.33. The molecule has 1 aromatic carbocycles. The van der Waals surface area contributed by atoms with Gasteiger partial charge in [0.2, 0.25) is 0 Å². The molecule has 2 unspecified atom stereocenters. The predicted octanol–water partition coefficient (Wildman–Crippen LogP) is 2.55. The number of rotatable bonds is 4.